The number of hydrogen-bond donors (Lipinski definition) is 1. The first kappa shape index (κ1) is 14.1. The molecule has 0 spiro atoms. The van der Waals surface area contributed by atoms with E-state index in [2.05, 4.69) is 5.10 Å². The molecule has 0 radical (unpaired) electrons. The molecule has 7 nitrogen and oxygen atoms in total. The molecule has 1 N–H and O–H groups in total. The number of nitrogens with zero attached hydrogens (tertiary/aromatic N) is 3. The largest absolute Gasteiger partial charge is 0.479 e. The van der Waals surface area contributed by atoms with Crippen molar-refractivity contribution in [2.24, 2.45) is 7.05 Å². The number of aromatic carboxylic acids is 1. The molecule has 1 atom stereocenters. The Hall–Kier alpha value is -2.83. The Morgan fingerprint density at radius 3 is 2.68 bits per heavy atom. The highest BCUT2D eigenvalue weighted by Gasteiger charge is 2.29. The van der Waals surface area contributed by atoms with Crippen LogP contribution in [0.3, 0.4) is 0 Å². The molecule has 0 saturated carbocycles. The predicted octanol–water partition coefficient (Wildman–Crippen LogP) is 1.53. The van der Waals surface area contributed by atoms with E-state index in [4.69, 9.17) is 9.84 Å². The number of aryl methyl sites for hydroxylation is 1. The minimum Gasteiger partial charge on any atom is -0.479 e. The number of amides is 1. The van der Waals surface area contributed by atoms with Gasteiger partial charge in [-0.05, 0) is 31.2 Å². The topological polar surface area (TPSA) is 84.7 Å². The van der Waals surface area contributed by atoms with E-state index in [9.17, 15) is 9.59 Å². The second-order valence-electron chi connectivity index (χ2n) is 5.18. The highest BCUT2D eigenvalue weighted by Crippen LogP contribution is 2.36. The Bertz CT molecular complexity index is 781. The van der Waals surface area contributed by atoms with Crippen LogP contribution in [0.4, 0.5) is 5.69 Å². The molecular weight excluding hydrogens is 286 g/mol. The number of aromatic nitrogens is 2. The van der Waals surface area contributed by atoms with Crippen LogP contribution in [0.25, 0.3) is 11.3 Å². The van der Waals surface area contributed by atoms with Crippen molar-refractivity contribution in [2.45, 2.75) is 13.0 Å². The van der Waals surface area contributed by atoms with E-state index in [-0.39, 0.29) is 11.6 Å². The molecule has 114 valence electrons. The summed E-state index contributed by atoms with van der Waals surface area (Å²) in [6.07, 6.45) is -0.517. The van der Waals surface area contributed by atoms with E-state index in [0.29, 0.717) is 17.1 Å². The van der Waals surface area contributed by atoms with Crippen LogP contribution in [0.15, 0.2) is 24.3 Å². The maximum atomic E-state index is 12.0. The van der Waals surface area contributed by atoms with Gasteiger partial charge in [0.2, 0.25) is 0 Å². The van der Waals surface area contributed by atoms with Crippen molar-refractivity contribution in [1.82, 2.24) is 9.78 Å². The lowest BCUT2D eigenvalue weighted by molar-refractivity contribution is -0.125. The number of likely N-dealkylation sites (N-methyl/N-ethyl adjacent to an activating group) is 1. The average molecular weight is 301 g/mol. The summed E-state index contributed by atoms with van der Waals surface area (Å²) >= 11 is 0. The van der Waals surface area contributed by atoms with Crippen molar-refractivity contribution in [2.75, 3.05) is 11.9 Å². The third-order valence-electron chi connectivity index (χ3n) is 3.70. The first-order chi connectivity index (χ1) is 10.4. The van der Waals surface area contributed by atoms with Crippen LogP contribution in [0.2, 0.25) is 0 Å². The molecule has 0 bridgehead atoms. The number of rotatable bonds is 2. The van der Waals surface area contributed by atoms with Gasteiger partial charge in [0.05, 0.1) is 11.4 Å². The van der Waals surface area contributed by atoms with E-state index >= 15 is 0 Å². The lowest BCUT2D eigenvalue weighted by Gasteiger charge is -2.30. The molecule has 22 heavy (non-hydrogen) atoms. The number of carbonyl (C=O) groups is 2. The summed E-state index contributed by atoms with van der Waals surface area (Å²) in [6.45, 7) is 1.70. The zero-order valence-electron chi connectivity index (χ0n) is 12.4. The summed E-state index contributed by atoms with van der Waals surface area (Å²) in [5, 5.41) is 13.3. The fourth-order valence-electron chi connectivity index (χ4n) is 2.48. The van der Waals surface area contributed by atoms with Crippen LogP contribution in [0, 0.1) is 0 Å². The van der Waals surface area contributed by atoms with Crippen LogP contribution in [0.5, 0.6) is 5.75 Å². The molecule has 1 aliphatic rings. The number of hydrogen-bond acceptors (Lipinski definition) is 4. The molecule has 0 saturated heterocycles. The molecule has 1 aromatic carbocycles. The number of fused-ring (bicyclic) bond motifs is 1. The summed E-state index contributed by atoms with van der Waals surface area (Å²) in [5.41, 5.74) is 1.99. The third kappa shape index (κ3) is 2.11. The number of carboxylic acid groups (broad SMARTS) is 1. The Morgan fingerprint density at radius 1 is 1.32 bits per heavy atom. The van der Waals surface area contributed by atoms with Crippen LogP contribution in [0.1, 0.15) is 17.4 Å². The van der Waals surface area contributed by atoms with Crippen LogP contribution in [-0.2, 0) is 11.8 Å². The van der Waals surface area contributed by atoms with Crippen LogP contribution >= 0.6 is 0 Å². The lowest BCUT2D eigenvalue weighted by atomic mass is 10.1. The molecule has 2 heterocycles. The zero-order valence-corrected chi connectivity index (χ0v) is 12.4. The van der Waals surface area contributed by atoms with Crippen molar-refractivity contribution >= 4 is 17.6 Å². The van der Waals surface area contributed by atoms with Gasteiger partial charge in [0.15, 0.2) is 6.10 Å². The molecule has 0 fully saturated rings. The number of carbonyl (C=O) groups excluding carboxylic acids is 1. The third-order valence-corrected chi connectivity index (χ3v) is 3.70. The maximum absolute atomic E-state index is 12.0. The van der Waals surface area contributed by atoms with E-state index in [1.54, 1.807) is 39.2 Å². The van der Waals surface area contributed by atoms with Crippen LogP contribution in [-0.4, -0.2) is 39.9 Å². The molecular formula is C15H15N3O4. The Labute approximate surface area is 126 Å². The number of benzene rings is 1. The molecule has 7 heteroatoms. The van der Waals surface area contributed by atoms with Gasteiger partial charge in [-0.2, -0.15) is 5.10 Å². The standard InChI is InChI=1S/C15H15N3O4/c1-8-14(19)17(2)11-6-9(4-5-13(11)22-8)10-7-12(15(20)21)18(3)16-10/h4-8H,1-3H3,(H,20,21). The second-order valence-corrected chi connectivity index (χ2v) is 5.18. The first-order valence-electron chi connectivity index (χ1n) is 6.74. The predicted molar refractivity (Wildman–Crippen MR) is 79.1 cm³/mol. The smallest absolute Gasteiger partial charge is 0.354 e. The number of ether oxygens (including phenoxy) is 1. The highest BCUT2D eigenvalue weighted by molar-refractivity contribution is 6.00. The van der Waals surface area contributed by atoms with Gasteiger partial charge in [-0.15, -0.1) is 0 Å². The fourth-order valence-corrected chi connectivity index (χ4v) is 2.48. The monoisotopic (exact) mass is 301 g/mol. The van der Waals surface area contributed by atoms with Crippen molar-refractivity contribution in [1.29, 1.82) is 0 Å². The van der Waals surface area contributed by atoms with Crippen molar-refractivity contribution in [3.8, 4) is 17.0 Å². The van der Waals surface area contributed by atoms with E-state index in [0.717, 1.165) is 5.56 Å². The minimum absolute atomic E-state index is 0.0991. The lowest BCUT2D eigenvalue weighted by Crippen LogP contribution is -2.41. The zero-order chi connectivity index (χ0) is 16.0. The summed E-state index contributed by atoms with van der Waals surface area (Å²) < 4.78 is 6.87. The number of carboxylic acids is 1. The maximum Gasteiger partial charge on any atom is 0.354 e. The summed E-state index contributed by atoms with van der Waals surface area (Å²) in [5.74, 6) is -0.548. The van der Waals surface area contributed by atoms with E-state index in [1.807, 2.05) is 0 Å². The van der Waals surface area contributed by atoms with Crippen molar-refractivity contribution in [3.05, 3.63) is 30.0 Å². The van der Waals surface area contributed by atoms with Crippen molar-refractivity contribution in [3.63, 3.8) is 0 Å². The van der Waals surface area contributed by atoms with Gasteiger partial charge in [-0.1, -0.05) is 0 Å². The van der Waals surface area contributed by atoms with Gasteiger partial charge >= 0.3 is 5.97 Å². The van der Waals surface area contributed by atoms with Gasteiger partial charge in [-0.3, -0.25) is 9.48 Å². The second kappa shape index (κ2) is 4.87. The Morgan fingerprint density at radius 2 is 2.05 bits per heavy atom. The first-order valence-corrected chi connectivity index (χ1v) is 6.74. The fraction of sp³-hybridized carbons (Fsp3) is 0.267. The van der Waals surface area contributed by atoms with Crippen molar-refractivity contribution < 1.29 is 19.4 Å². The molecule has 2 aromatic rings. The van der Waals surface area contributed by atoms with Gasteiger partial charge in [-0.25, -0.2) is 4.79 Å². The van der Waals surface area contributed by atoms with Gasteiger partial charge in [0.1, 0.15) is 11.4 Å². The molecule has 0 aliphatic carbocycles. The number of anilines is 1. The summed E-state index contributed by atoms with van der Waals surface area (Å²) in [4.78, 5) is 24.6. The molecule has 1 aromatic heterocycles. The minimum atomic E-state index is -1.04. The Balaban J connectivity index is 2.06. The normalized spacial score (nSPS) is 17.1. The molecule has 1 unspecified atom stereocenters. The van der Waals surface area contributed by atoms with Crippen LogP contribution < -0.4 is 9.64 Å². The molecule has 3 rings (SSSR count). The molecule has 1 amide bonds. The molecule has 1 aliphatic heterocycles. The quantitative estimate of drug-likeness (QED) is 0.909. The SMILES string of the molecule is CC1Oc2ccc(-c3cc(C(=O)O)n(C)n3)cc2N(C)C1=O. The van der Waals surface area contributed by atoms with Gasteiger partial charge < -0.3 is 14.7 Å². The van der Waals surface area contributed by atoms with Gasteiger partial charge in [0, 0.05) is 19.7 Å². The van der Waals surface area contributed by atoms with E-state index in [1.165, 1.54) is 15.6 Å². The summed E-state index contributed by atoms with van der Waals surface area (Å²) in [7, 11) is 3.26. The Kier molecular flexibility index (Phi) is 3.13. The summed E-state index contributed by atoms with van der Waals surface area (Å²) in [6, 6.07) is 6.83. The highest BCUT2D eigenvalue weighted by atomic mass is 16.5. The van der Waals surface area contributed by atoms with Gasteiger partial charge in [0.25, 0.3) is 5.91 Å². The van der Waals surface area contributed by atoms with E-state index < -0.39 is 12.1 Å². The average Bonchev–Trinajstić information content (AvgIpc) is 2.87.